The minimum Gasteiger partial charge on any atom is -0.488 e. The maximum Gasteiger partial charge on any atom is 0.303 e. The molecule has 2 rings (SSSR count). The maximum absolute atomic E-state index is 10.8. The van der Waals surface area contributed by atoms with Gasteiger partial charge in [0.2, 0.25) is 0 Å². The Balaban J connectivity index is 2.32. The molecular formula is C16H22O3. The van der Waals surface area contributed by atoms with Crippen molar-refractivity contribution in [2.75, 3.05) is 0 Å². The van der Waals surface area contributed by atoms with Gasteiger partial charge >= 0.3 is 5.97 Å². The number of aryl methyl sites for hydroxylation is 2. The van der Waals surface area contributed by atoms with E-state index in [0.717, 1.165) is 29.7 Å². The summed E-state index contributed by atoms with van der Waals surface area (Å²) in [6.45, 7) is 8.20. The minimum absolute atomic E-state index is 0.0396. The summed E-state index contributed by atoms with van der Waals surface area (Å²) in [7, 11) is 0. The molecule has 1 heterocycles. The number of benzene rings is 1. The lowest BCUT2D eigenvalue weighted by Gasteiger charge is -2.33. The van der Waals surface area contributed by atoms with Crippen molar-refractivity contribution < 1.29 is 14.6 Å². The number of rotatable bonds is 3. The SMILES string of the molecule is Cc1cc2c(cc1C(C)CC(=O)O)CCC(C)(C)O2. The van der Waals surface area contributed by atoms with Crippen LogP contribution in [0, 0.1) is 6.92 Å². The van der Waals surface area contributed by atoms with Crippen LogP contribution in [0.5, 0.6) is 5.75 Å². The standard InChI is InChI=1S/C16H22O3/c1-10-7-14-12(5-6-16(3,4)19-14)9-13(10)11(2)8-15(17)18/h7,9,11H,5-6,8H2,1-4H3,(H,17,18). The van der Waals surface area contributed by atoms with E-state index >= 15 is 0 Å². The monoisotopic (exact) mass is 262 g/mol. The highest BCUT2D eigenvalue weighted by molar-refractivity contribution is 5.68. The number of carboxylic acids is 1. The molecule has 3 nitrogen and oxygen atoms in total. The Labute approximate surface area is 114 Å². The third-order valence-electron chi connectivity index (χ3n) is 3.84. The van der Waals surface area contributed by atoms with E-state index in [2.05, 4.69) is 26.0 Å². The topological polar surface area (TPSA) is 46.5 Å². The molecule has 0 saturated carbocycles. The van der Waals surface area contributed by atoms with Crippen molar-refractivity contribution in [1.82, 2.24) is 0 Å². The molecule has 19 heavy (non-hydrogen) atoms. The summed E-state index contributed by atoms with van der Waals surface area (Å²) in [6.07, 6.45) is 2.16. The molecule has 1 aliphatic heterocycles. The zero-order chi connectivity index (χ0) is 14.2. The fourth-order valence-electron chi connectivity index (χ4n) is 2.72. The van der Waals surface area contributed by atoms with Crippen molar-refractivity contribution in [3.05, 3.63) is 28.8 Å². The lowest BCUT2D eigenvalue weighted by Crippen LogP contribution is -2.32. The van der Waals surface area contributed by atoms with Crippen LogP contribution in [0.1, 0.15) is 56.2 Å². The first-order valence-electron chi connectivity index (χ1n) is 6.83. The molecule has 1 unspecified atom stereocenters. The van der Waals surface area contributed by atoms with Crippen molar-refractivity contribution in [3.63, 3.8) is 0 Å². The average Bonchev–Trinajstić information content (AvgIpc) is 2.25. The average molecular weight is 262 g/mol. The number of fused-ring (bicyclic) bond motifs is 1. The van der Waals surface area contributed by atoms with Crippen LogP contribution < -0.4 is 4.74 Å². The normalized spacial score (nSPS) is 18.3. The fourth-order valence-corrected chi connectivity index (χ4v) is 2.72. The van der Waals surface area contributed by atoms with E-state index in [9.17, 15) is 4.79 Å². The molecule has 1 aliphatic rings. The van der Waals surface area contributed by atoms with Gasteiger partial charge in [-0.3, -0.25) is 4.79 Å². The van der Waals surface area contributed by atoms with E-state index in [4.69, 9.17) is 9.84 Å². The molecule has 3 heteroatoms. The number of carbonyl (C=O) groups is 1. The van der Waals surface area contributed by atoms with Gasteiger partial charge in [0.15, 0.2) is 0 Å². The van der Waals surface area contributed by atoms with Crippen molar-refractivity contribution in [1.29, 1.82) is 0 Å². The van der Waals surface area contributed by atoms with Crippen LogP contribution >= 0.6 is 0 Å². The molecule has 1 atom stereocenters. The van der Waals surface area contributed by atoms with Gasteiger partial charge in [0.1, 0.15) is 11.4 Å². The molecule has 104 valence electrons. The predicted octanol–water partition coefficient (Wildman–Crippen LogP) is 3.68. The van der Waals surface area contributed by atoms with E-state index in [1.54, 1.807) is 0 Å². The first-order chi connectivity index (χ1) is 8.78. The number of hydrogen-bond acceptors (Lipinski definition) is 2. The molecule has 0 fully saturated rings. The van der Waals surface area contributed by atoms with Crippen molar-refractivity contribution in [2.45, 2.75) is 58.5 Å². The first-order valence-corrected chi connectivity index (χ1v) is 6.83. The Morgan fingerprint density at radius 2 is 2.16 bits per heavy atom. The number of aliphatic carboxylic acids is 1. The van der Waals surface area contributed by atoms with Crippen molar-refractivity contribution in [2.24, 2.45) is 0 Å². The van der Waals surface area contributed by atoms with Gasteiger partial charge in [0.05, 0.1) is 6.42 Å². The Hall–Kier alpha value is -1.51. The molecule has 0 spiro atoms. The third kappa shape index (κ3) is 3.09. The van der Waals surface area contributed by atoms with Gasteiger partial charge in [-0.2, -0.15) is 0 Å². The molecule has 1 aromatic rings. The van der Waals surface area contributed by atoms with Gasteiger partial charge in [-0.25, -0.2) is 0 Å². The van der Waals surface area contributed by atoms with E-state index in [0.29, 0.717) is 0 Å². The lowest BCUT2D eigenvalue weighted by atomic mass is 9.87. The highest BCUT2D eigenvalue weighted by Gasteiger charge is 2.27. The fraction of sp³-hybridized carbons (Fsp3) is 0.562. The van der Waals surface area contributed by atoms with Gasteiger partial charge in [-0.15, -0.1) is 0 Å². The molecule has 0 bridgehead atoms. The Kier molecular flexibility index (Phi) is 3.57. The van der Waals surface area contributed by atoms with Gasteiger partial charge < -0.3 is 9.84 Å². The van der Waals surface area contributed by atoms with E-state index in [-0.39, 0.29) is 17.9 Å². The van der Waals surface area contributed by atoms with E-state index < -0.39 is 5.97 Å². The molecule has 0 saturated heterocycles. The van der Waals surface area contributed by atoms with Gasteiger partial charge in [0.25, 0.3) is 0 Å². The molecule has 1 N–H and O–H groups in total. The molecule has 0 radical (unpaired) electrons. The lowest BCUT2D eigenvalue weighted by molar-refractivity contribution is -0.137. The van der Waals surface area contributed by atoms with Crippen LogP contribution in [0.25, 0.3) is 0 Å². The number of ether oxygens (including phenoxy) is 1. The Morgan fingerprint density at radius 1 is 1.47 bits per heavy atom. The first kappa shape index (κ1) is 13.9. The largest absolute Gasteiger partial charge is 0.488 e. The smallest absolute Gasteiger partial charge is 0.303 e. The predicted molar refractivity (Wildman–Crippen MR) is 74.9 cm³/mol. The second kappa shape index (κ2) is 4.87. The summed E-state index contributed by atoms with van der Waals surface area (Å²) < 4.78 is 6.00. The molecular weight excluding hydrogens is 240 g/mol. The molecule has 0 aliphatic carbocycles. The van der Waals surface area contributed by atoms with Crippen LogP contribution in [0.2, 0.25) is 0 Å². The highest BCUT2D eigenvalue weighted by atomic mass is 16.5. The van der Waals surface area contributed by atoms with Crippen LogP contribution in [0.4, 0.5) is 0 Å². The van der Waals surface area contributed by atoms with Gasteiger partial charge in [0, 0.05) is 0 Å². The number of hydrogen-bond donors (Lipinski definition) is 1. The second-order valence-corrected chi connectivity index (χ2v) is 6.18. The third-order valence-corrected chi connectivity index (χ3v) is 3.84. The summed E-state index contributed by atoms with van der Waals surface area (Å²) in [5.41, 5.74) is 3.35. The summed E-state index contributed by atoms with van der Waals surface area (Å²) in [5, 5.41) is 8.92. The van der Waals surface area contributed by atoms with Crippen LogP contribution in [-0.4, -0.2) is 16.7 Å². The quantitative estimate of drug-likeness (QED) is 0.904. The van der Waals surface area contributed by atoms with Crippen molar-refractivity contribution >= 4 is 5.97 Å². The summed E-state index contributed by atoms with van der Waals surface area (Å²) >= 11 is 0. The second-order valence-electron chi connectivity index (χ2n) is 6.18. The van der Waals surface area contributed by atoms with Gasteiger partial charge in [-0.1, -0.05) is 13.0 Å². The summed E-state index contributed by atoms with van der Waals surface area (Å²) in [4.78, 5) is 10.8. The Bertz CT molecular complexity index is 503. The number of carboxylic acid groups (broad SMARTS) is 1. The zero-order valence-electron chi connectivity index (χ0n) is 12.1. The van der Waals surface area contributed by atoms with E-state index in [1.807, 2.05) is 13.8 Å². The molecule has 1 aromatic carbocycles. The van der Waals surface area contributed by atoms with Gasteiger partial charge in [-0.05, 0) is 62.3 Å². The maximum atomic E-state index is 10.8. The minimum atomic E-state index is -0.748. The van der Waals surface area contributed by atoms with E-state index in [1.165, 1.54) is 5.56 Å². The van der Waals surface area contributed by atoms with Crippen molar-refractivity contribution in [3.8, 4) is 5.75 Å². The Morgan fingerprint density at radius 3 is 2.79 bits per heavy atom. The molecule has 0 amide bonds. The summed E-state index contributed by atoms with van der Waals surface area (Å²) in [5.74, 6) is 0.250. The van der Waals surface area contributed by atoms with Crippen LogP contribution in [-0.2, 0) is 11.2 Å². The zero-order valence-corrected chi connectivity index (χ0v) is 12.1. The van der Waals surface area contributed by atoms with Crippen LogP contribution in [0.3, 0.4) is 0 Å². The highest BCUT2D eigenvalue weighted by Crippen LogP contribution is 2.37. The summed E-state index contributed by atoms with van der Waals surface area (Å²) in [6, 6.07) is 4.19. The van der Waals surface area contributed by atoms with Crippen LogP contribution in [0.15, 0.2) is 12.1 Å². The molecule has 0 aromatic heterocycles.